The number of nitrogens with one attached hydrogen (secondary N) is 1. The molecule has 0 aromatic carbocycles. The van der Waals surface area contributed by atoms with Gasteiger partial charge in [0, 0.05) is 13.1 Å². The minimum absolute atomic E-state index is 0.232. The highest BCUT2D eigenvalue weighted by molar-refractivity contribution is 6.31. The molecule has 0 unspecified atom stereocenters. The Kier molecular flexibility index (Phi) is 6.55. The molecule has 0 radical (unpaired) electrons. The average molecular weight is 310 g/mol. The van der Waals surface area contributed by atoms with Crippen LogP contribution in [-0.4, -0.2) is 30.8 Å². The van der Waals surface area contributed by atoms with Crippen molar-refractivity contribution in [3.63, 3.8) is 0 Å². The summed E-state index contributed by atoms with van der Waals surface area (Å²) >= 11 is 6.01. The number of hydrogen-bond donors (Lipinski definition) is 1. The summed E-state index contributed by atoms with van der Waals surface area (Å²) in [6, 6.07) is 3.10. The van der Waals surface area contributed by atoms with E-state index in [9.17, 15) is 13.2 Å². The summed E-state index contributed by atoms with van der Waals surface area (Å²) < 4.78 is 37.5. The van der Waals surface area contributed by atoms with Crippen LogP contribution in [0.5, 0.6) is 0 Å². The third kappa shape index (κ3) is 5.54. The molecule has 0 atom stereocenters. The van der Waals surface area contributed by atoms with Crippen molar-refractivity contribution in [2.45, 2.75) is 33.0 Å². The quantitative estimate of drug-likeness (QED) is 0.780. The van der Waals surface area contributed by atoms with E-state index in [1.807, 2.05) is 6.92 Å². The minimum Gasteiger partial charge on any atom is -0.348 e. The molecule has 0 bridgehead atoms. The molecule has 0 aliphatic rings. The molecule has 0 aliphatic carbocycles. The first kappa shape index (κ1) is 17.0. The number of nitrogens with zero attached hydrogens (tertiary/aromatic N) is 2. The van der Waals surface area contributed by atoms with E-state index in [1.54, 1.807) is 13.0 Å². The summed E-state index contributed by atoms with van der Waals surface area (Å²) in [6.07, 6.45) is -3.29. The number of rotatable bonds is 7. The number of hydrogen-bond acceptors (Lipinski definition) is 3. The summed E-state index contributed by atoms with van der Waals surface area (Å²) in [7, 11) is 0. The van der Waals surface area contributed by atoms with E-state index < -0.39 is 12.7 Å². The minimum atomic E-state index is -4.25. The molecule has 7 heteroatoms. The van der Waals surface area contributed by atoms with Crippen molar-refractivity contribution >= 4 is 17.4 Å². The highest BCUT2D eigenvalue weighted by Gasteiger charge is 2.30. The summed E-state index contributed by atoms with van der Waals surface area (Å²) in [4.78, 5) is 5.41. The topological polar surface area (TPSA) is 28.2 Å². The lowest BCUT2D eigenvalue weighted by atomic mass is 10.3. The SMILES string of the molecule is CCCNCc1nc(N(CC)CC(F)(F)F)ccc1Cl. The summed E-state index contributed by atoms with van der Waals surface area (Å²) in [5.41, 5.74) is 0.568. The zero-order valence-corrected chi connectivity index (χ0v) is 12.4. The Balaban J connectivity index is 2.86. The van der Waals surface area contributed by atoms with Crippen molar-refractivity contribution in [3.8, 4) is 0 Å². The molecule has 1 aromatic heterocycles. The zero-order chi connectivity index (χ0) is 15.2. The fourth-order valence-electron chi connectivity index (χ4n) is 1.73. The number of aromatic nitrogens is 1. The van der Waals surface area contributed by atoms with E-state index in [-0.39, 0.29) is 6.54 Å². The molecule has 1 N–H and O–H groups in total. The van der Waals surface area contributed by atoms with E-state index in [2.05, 4.69) is 10.3 Å². The van der Waals surface area contributed by atoms with Crippen LogP contribution in [0, 0.1) is 0 Å². The van der Waals surface area contributed by atoms with Crippen molar-refractivity contribution in [1.82, 2.24) is 10.3 Å². The van der Waals surface area contributed by atoms with Gasteiger partial charge in [-0.3, -0.25) is 0 Å². The molecule has 0 saturated carbocycles. The smallest absolute Gasteiger partial charge is 0.348 e. The fourth-order valence-corrected chi connectivity index (χ4v) is 1.90. The van der Waals surface area contributed by atoms with Gasteiger partial charge in [0.1, 0.15) is 12.4 Å². The number of alkyl halides is 3. The van der Waals surface area contributed by atoms with Gasteiger partial charge < -0.3 is 10.2 Å². The number of pyridine rings is 1. The maximum atomic E-state index is 12.5. The van der Waals surface area contributed by atoms with Gasteiger partial charge in [-0.05, 0) is 32.0 Å². The van der Waals surface area contributed by atoms with Crippen LogP contribution >= 0.6 is 11.6 Å². The van der Waals surface area contributed by atoms with Crippen molar-refractivity contribution in [3.05, 3.63) is 22.8 Å². The monoisotopic (exact) mass is 309 g/mol. The fraction of sp³-hybridized carbons (Fsp3) is 0.615. The first-order chi connectivity index (χ1) is 9.37. The molecule has 0 saturated heterocycles. The summed E-state index contributed by atoms with van der Waals surface area (Å²) in [5.74, 6) is 0.294. The van der Waals surface area contributed by atoms with Gasteiger partial charge in [0.15, 0.2) is 0 Å². The molecule has 0 amide bonds. The van der Waals surface area contributed by atoms with E-state index in [4.69, 9.17) is 11.6 Å². The van der Waals surface area contributed by atoms with Crippen LogP contribution in [0.3, 0.4) is 0 Å². The first-order valence-corrected chi connectivity index (χ1v) is 6.93. The van der Waals surface area contributed by atoms with Gasteiger partial charge in [-0.15, -0.1) is 0 Å². The molecule has 1 heterocycles. The zero-order valence-electron chi connectivity index (χ0n) is 11.6. The van der Waals surface area contributed by atoms with Crippen LogP contribution in [0.25, 0.3) is 0 Å². The first-order valence-electron chi connectivity index (χ1n) is 6.55. The van der Waals surface area contributed by atoms with Crippen LogP contribution in [0.4, 0.5) is 19.0 Å². The molecule has 0 spiro atoms. The van der Waals surface area contributed by atoms with Gasteiger partial charge in [0.25, 0.3) is 0 Å². The van der Waals surface area contributed by atoms with Crippen molar-refractivity contribution in [1.29, 1.82) is 0 Å². The van der Waals surface area contributed by atoms with Gasteiger partial charge in [0.05, 0.1) is 10.7 Å². The summed E-state index contributed by atoms with van der Waals surface area (Å²) in [5, 5.41) is 3.60. The van der Waals surface area contributed by atoms with Gasteiger partial charge in [-0.1, -0.05) is 18.5 Å². The lowest BCUT2D eigenvalue weighted by molar-refractivity contribution is -0.119. The van der Waals surface area contributed by atoms with Crippen LogP contribution in [-0.2, 0) is 6.54 Å². The Morgan fingerprint density at radius 2 is 2.00 bits per heavy atom. The Bertz CT molecular complexity index is 424. The Morgan fingerprint density at radius 1 is 1.30 bits per heavy atom. The molecule has 0 fully saturated rings. The van der Waals surface area contributed by atoms with Gasteiger partial charge in [-0.2, -0.15) is 13.2 Å². The Hall–Kier alpha value is -1.01. The van der Waals surface area contributed by atoms with Gasteiger partial charge in [0.2, 0.25) is 0 Å². The maximum Gasteiger partial charge on any atom is 0.405 e. The Labute approximate surface area is 122 Å². The molecule has 20 heavy (non-hydrogen) atoms. The summed E-state index contributed by atoms with van der Waals surface area (Å²) in [6.45, 7) is 4.17. The van der Waals surface area contributed by atoms with Crippen LogP contribution in [0.15, 0.2) is 12.1 Å². The van der Waals surface area contributed by atoms with E-state index in [0.717, 1.165) is 13.0 Å². The molecule has 1 aromatic rings. The molecule has 1 rings (SSSR count). The van der Waals surface area contributed by atoms with Crippen LogP contribution < -0.4 is 10.2 Å². The predicted molar refractivity (Wildman–Crippen MR) is 75.2 cm³/mol. The largest absolute Gasteiger partial charge is 0.405 e. The third-order valence-electron chi connectivity index (χ3n) is 2.70. The number of halogens is 4. The second-order valence-electron chi connectivity index (χ2n) is 4.40. The molecule has 3 nitrogen and oxygen atoms in total. The van der Waals surface area contributed by atoms with E-state index >= 15 is 0 Å². The molecule has 114 valence electrons. The average Bonchev–Trinajstić information content (AvgIpc) is 2.37. The van der Waals surface area contributed by atoms with E-state index in [0.29, 0.717) is 23.1 Å². The van der Waals surface area contributed by atoms with Crippen molar-refractivity contribution in [2.24, 2.45) is 0 Å². The standard InChI is InChI=1S/C13H19ClF3N3/c1-3-7-18-8-11-10(14)5-6-12(19-11)20(4-2)9-13(15,16)17/h5-6,18H,3-4,7-9H2,1-2H3. The predicted octanol–water partition coefficient (Wildman–Crippen LogP) is 3.62. The van der Waals surface area contributed by atoms with Crippen molar-refractivity contribution in [2.75, 3.05) is 24.5 Å². The highest BCUT2D eigenvalue weighted by Crippen LogP contribution is 2.23. The maximum absolute atomic E-state index is 12.5. The van der Waals surface area contributed by atoms with Gasteiger partial charge in [-0.25, -0.2) is 4.98 Å². The van der Waals surface area contributed by atoms with E-state index in [1.165, 1.54) is 11.0 Å². The second kappa shape index (κ2) is 7.69. The third-order valence-corrected chi connectivity index (χ3v) is 3.04. The molecule has 0 aliphatic heterocycles. The molecular formula is C13H19ClF3N3. The van der Waals surface area contributed by atoms with Crippen LogP contribution in [0.1, 0.15) is 26.0 Å². The van der Waals surface area contributed by atoms with Gasteiger partial charge >= 0.3 is 6.18 Å². The lowest BCUT2D eigenvalue weighted by Crippen LogP contribution is -2.34. The number of anilines is 1. The Morgan fingerprint density at radius 3 is 2.55 bits per heavy atom. The van der Waals surface area contributed by atoms with Crippen molar-refractivity contribution < 1.29 is 13.2 Å². The second-order valence-corrected chi connectivity index (χ2v) is 4.81. The normalized spacial score (nSPS) is 11.7. The lowest BCUT2D eigenvalue weighted by Gasteiger charge is -2.24. The molecular weight excluding hydrogens is 291 g/mol. The highest BCUT2D eigenvalue weighted by atomic mass is 35.5. The van der Waals surface area contributed by atoms with Crippen LogP contribution in [0.2, 0.25) is 5.02 Å².